The van der Waals surface area contributed by atoms with E-state index in [4.69, 9.17) is 9.47 Å². The third-order valence-electron chi connectivity index (χ3n) is 7.53. The number of ether oxygens (including phenoxy) is 2. The molecule has 3 rings (SSSR count). The van der Waals surface area contributed by atoms with Crippen molar-refractivity contribution in [2.45, 2.75) is 71.3 Å². The molecule has 8 heteroatoms. The number of Topliss-reactive ketones (excluding diaryl/α,β-unsaturated/α-hetero) is 1. The Labute approximate surface area is 242 Å². The number of amides is 1. The number of aliphatic carboxylic acids is 1. The molecule has 2 aromatic carbocycles. The third-order valence-corrected chi connectivity index (χ3v) is 8.27. The highest BCUT2D eigenvalue weighted by atomic mass is 32.2. The molecular formula is C32H43NO6S. The number of hydrogen-bond donors (Lipinski definition) is 1. The highest BCUT2D eigenvalue weighted by Gasteiger charge is 2.40. The molecule has 0 saturated carbocycles. The van der Waals surface area contributed by atoms with Crippen molar-refractivity contribution in [1.82, 2.24) is 4.90 Å². The molecule has 218 valence electrons. The van der Waals surface area contributed by atoms with Crippen LogP contribution in [0.25, 0.3) is 0 Å². The van der Waals surface area contributed by atoms with Crippen LogP contribution < -0.4 is 4.74 Å². The fraction of sp³-hybridized carbons (Fsp3) is 0.531. The quantitative estimate of drug-likeness (QED) is 0.222. The van der Waals surface area contributed by atoms with Crippen LogP contribution in [-0.2, 0) is 16.0 Å². The van der Waals surface area contributed by atoms with Crippen LogP contribution in [0.3, 0.4) is 0 Å². The SMILES string of the molecule is CSc1ccc(C(=O)[C@H]2CN(C(=O)OCCC(C)C)C[C@@H]2CCc2cc(C)c(OC(C)(C)C(=O)O)c(C)c2)cc1. The molecule has 7 nitrogen and oxygen atoms in total. The van der Waals surface area contributed by atoms with Gasteiger partial charge in [0.1, 0.15) is 5.75 Å². The summed E-state index contributed by atoms with van der Waals surface area (Å²) in [6.07, 6.45) is 3.90. The van der Waals surface area contributed by atoms with E-state index in [-0.39, 0.29) is 23.7 Å². The van der Waals surface area contributed by atoms with Crippen molar-refractivity contribution < 1.29 is 29.0 Å². The van der Waals surface area contributed by atoms with Crippen LogP contribution in [-0.4, -0.2) is 59.4 Å². The number of benzene rings is 2. The maximum absolute atomic E-state index is 13.6. The molecule has 1 heterocycles. The van der Waals surface area contributed by atoms with Gasteiger partial charge in [-0.25, -0.2) is 9.59 Å². The molecule has 0 bridgehead atoms. The summed E-state index contributed by atoms with van der Waals surface area (Å²) in [5.41, 5.74) is 2.15. The third kappa shape index (κ3) is 8.03. The van der Waals surface area contributed by atoms with E-state index >= 15 is 0 Å². The first-order valence-electron chi connectivity index (χ1n) is 13.9. The van der Waals surface area contributed by atoms with E-state index in [1.807, 2.05) is 56.5 Å². The molecule has 1 aliphatic rings. The summed E-state index contributed by atoms with van der Waals surface area (Å²) < 4.78 is 11.4. The summed E-state index contributed by atoms with van der Waals surface area (Å²) in [6.45, 7) is 12.3. The predicted molar refractivity (Wildman–Crippen MR) is 158 cm³/mol. The predicted octanol–water partition coefficient (Wildman–Crippen LogP) is 6.81. The van der Waals surface area contributed by atoms with Crippen LogP contribution in [0.15, 0.2) is 41.3 Å². The fourth-order valence-electron chi connectivity index (χ4n) is 5.05. The minimum absolute atomic E-state index is 0.00661. The van der Waals surface area contributed by atoms with E-state index in [2.05, 4.69) is 13.8 Å². The molecule has 0 aromatic heterocycles. The second kappa shape index (κ2) is 13.6. The van der Waals surface area contributed by atoms with Crippen LogP contribution in [0, 0.1) is 31.6 Å². The Bertz CT molecular complexity index is 1180. The van der Waals surface area contributed by atoms with Gasteiger partial charge in [0.05, 0.1) is 6.61 Å². The minimum Gasteiger partial charge on any atom is -0.478 e. The van der Waals surface area contributed by atoms with Crippen LogP contribution in [0.5, 0.6) is 5.75 Å². The van der Waals surface area contributed by atoms with Crippen molar-refractivity contribution in [3.05, 3.63) is 58.7 Å². The highest BCUT2D eigenvalue weighted by Crippen LogP contribution is 2.33. The first-order valence-corrected chi connectivity index (χ1v) is 15.2. The number of aryl methyl sites for hydroxylation is 3. The first kappa shape index (κ1) is 31.5. The van der Waals surface area contributed by atoms with E-state index < -0.39 is 11.6 Å². The van der Waals surface area contributed by atoms with Gasteiger partial charge in [0.2, 0.25) is 0 Å². The number of carboxylic acids is 1. The second-order valence-electron chi connectivity index (χ2n) is 11.7. The van der Waals surface area contributed by atoms with Crippen molar-refractivity contribution in [2.75, 3.05) is 26.0 Å². The van der Waals surface area contributed by atoms with Gasteiger partial charge < -0.3 is 19.5 Å². The van der Waals surface area contributed by atoms with E-state index in [0.717, 1.165) is 40.8 Å². The number of carbonyl (C=O) groups is 3. The molecule has 0 radical (unpaired) electrons. The van der Waals surface area contributed by atoms with Crippen molar-refractivity contribution in [3.63, 3.8) is 0 Å². The zero-order chi connectivity index (χ0) is 29.6. The van der Waals surface area contributed by atoms with Crippen molar-refractivity contribution in [1.29, 1.82) is 0 Å². The zero-order valence-electron chi connectivity index (χ0n) is 24.8. The summed E-state index contributed by atoms with van der Waals surface area (Å²) in [4.78, 5) is 40.8. The lowest BCUT2D eigenvalue weighted by Gasteiger charge is -2.25. The van der Waals surface area contributed by atoms with Gasteiger partial charge in [-0.15, -0.1) is 11.8 Å². The number of carbonyl (C=O) groups excluding carboxylic acids is 2. The van der Waals surface area contributed by atoms with Gasteiger partial charge in [-0.2, -0.15) is 0 Å². The van der Waals surface area contributed by atoms with Crippen LogP contribution in [0.1, 0.15) is 67.6 Å². The summed E-state index contributed by atoms with van der Waals surface area (Å²) in [5, 5.41) is 9.46. The molecule has 1 aliphatic heterocycles. The van der Waals surface area contributed by atoms with Crippen LogP contribution in [0.4, 0.5) is 4.79 Å². The van der Waals surface area contributed by atoms with Crippen molar-refractivity contribution >= 4 is 29.6 Å². The molecule has 1 saturated heterocycles. The van der Waals surface area contributed by atoms with E-state index in [1.54, 1.807) is 16.7 Å². The topological polar surface area (TPSA) is 93.1 Å². The normalized spacial score (nSPS) is 17.2. The lowest BCUT2D eigenvalue weighted by atomic mass is 9.84. The maximum atomic E-state index is 13.6. The minimum atomic E-state index is -1.34. The van der Waals surface area contributed by atoms with E-state index in [1.165, 1.54) is 13.8 Å². The lowest BCUT2D eigenvalue weighted by Crippen LogP contribution is -2.38. The molecule has 0 aliphatic carbocycles. The molecule has 40 heavy (non-hydrogen) atoms. The molecule has 1 fully saturated rings. The van der Waals surface area contributed by atoms with Gasteiger partial charge >= 0.3 is 12.1 Å². The number of likely N-dealkylation sites (tertiary alicyclic amines) is 1. The molecule has 1 N–H and O–H groups in total. The fourth-order valence-corrected chi connectivity index (χ4v) is 5.46. The Balaban J connectivity index is 1.77. The number of nitrogens with zero attached hydrogens (tertiary/aromatic N) is 1. The second-order valence-corrected chi connectivity index (χ2v) is 12.6. The monoisotopic (exact) mass is 569 g/mol. The highest BCUT2D eigenvalue weighted by molar-refractivity contribution is 7.98. The summed E-state index contributed by atoms with van der Waals surface area (Å²) in [5.74, 6) is -0.262. The van der Waals surface area contributed by atoms with Crippen LogP contribution >= 0.6 is 11.8 Å². The Morgan fingerprint density at radius 1 is 1.07 bits per heavy atom. The molecule has 1 amide bonds. The number of hydrogen-bond acceptors (Lipinski definition) is 6. The summed E-state index contributed by atoms with van der Waals surface area (Å²) in [7, 11) is 0. The largest absolute Gasteiger partial charge is 0.478 e. The van der Waals surface area contributed by atoms with Gasteiger partial charge in [0, 0.05) is 29.5 Å². The van der Waals surface area contributed by atoms with Gasteiger partial charge in [0.15, 0.2) is 11.4 Å². The standard InChI is InChI=1S/C32H43NO6S/c1-20(2)14-15-38-31(37)33-18-25(27(19-33)28(34)24-10-12-26(40-7)13-11-24)9-8-23-16-21(3)29(22(4)17-23)39-32(5,6)30(35)36/h10-13,16-17,20,25,27H,8-9,14-15,18-19H2,1-7H3,(H,35,36)/t25-,27-/m0/s1. The molecule has 0 unspecified atom stereocenters. The van der Waals surface area contributed by atoms with Gasteiger partial charge in [-0.05, 0) is 93.9 Å². The van der Waals surface area contributed by atoms with Gasteiger partial charge in [0.25, 0.3) is 0 Å². The molecular weight excluding hydrogens is 526 g/mol. The number of thioether (sulfide) groups is 1. The Kier molecular flexibility index (Phi) is 10.7. The Morgan fingerprint density at radius 2 is 1.70 bits per heavy atom. The lowest BCUT2D eigenvalue weighted by molar-refractivity contribution is -0.152. The van der Waals surface area contributed by atoms with Crippen molar-refractivity contribution in [3.8, 4) is 5.75 Å². The van der Waals surface area contributed by atoms with Gasteiger partial charge in [-0.3, -0.25) is 4.79 Å². The average Bonchev–Trinajstić information content (AvgIpc) is 3.33. The van der Waals surface area contributed by atoms with Crippen LogP contribution in [0.2, 0.25) is 0 Å². The smallest absolute Gasteiger partial charge is 0.409 e. The number of ketones is 1. The molecule has 0 spiro atoms. The van der Waals surface area contributed by atoms with Crippen molar-refractivity contribution in [2.24, 2.45) is 17.8 Å². The Morgan fingerprint density at radius 3 is 2.25 bits per heavy atom. The first-order chi connectivity index (χ1) is 18.8. The Hall–Kier alpha value is -3.00. The number of rotatable bonds is 12. The number of carboxylic acid groups (broad SMARTS) is 1. The summed E-state index contributed by atoms with van der Waals surface area (Å²) in [6, 6.07) is 11.7. The van der Waals surface area contributed by atoms with E-state index in [9.17, 15) is 19.5 Å². The van der Waals surface area contributed by atoms with E-state index in [0.29, 0.717) is 36.9 Å². The van der Waals surface area contributed by atoms with Gasteiger partial charge in [-0.1, -0.05) is 38.1 Å². The summed E-state index contributed by atoms with van der Waals surface area (Å²) >= 11 is 1.63. The zero-order valence-corrected chi connectivity index (χ0v) is 25.6. The maximum Gasteiger partial charge on any atom is 0.409 e. The molecule has 2 atom stereocenters. The average molecular weight is 570 g/mol. The molecule has 2 aromatic rings.